The Morgan fingerprint density at radius 2 is 1.52 bits per heavy atom. The molecule has 0 fully saturated rings. The summed E-state index contributed by atoms with van der Waals surface area (Å²) in [4.78, 5) is 27.3. The van der Waals surface area contributed by atoms with Gasteiger partial charge >= 0.3 is 0 Å². The van der Waals surface area contributed by atoms with Gasteiger partial charge in [0, 0.05) is 29.9 Å². The number of aromatic nitrogens is 2. The number of sulfonamides is 1. The van der Waals surface area contributed by atoms with Crippen LogP contribution >= 0.6 is 0 Å². The molecule has 3 atom stereocenters. The van der Waals surface area contributed by atoms with Gasteiger partial charge in [-0.15, -0.1) is 0 Å². The molecule has 4 aromatic carbocycles. The van der Waals surface area contributed by atoms with Crippen LogP contribution in [0.25, 0.3) is 11.1 Å². The van der Waals surface area contributed by atoms with E-state index in [9.17, 15) is 31.9 Å². The number of rotatable bonds is 13. The quantitative estimate of drug-likeness (QED) is 0.156. The normalized spacial score (nSPS) is 13.2. The van der Waals surface area contributed by atoms with Gasteiger partial charge in [0.2, 0.25) is 10.0 Å². The molecule has 0 aliphatic heterocycles. The fourth-order valence-corrected chi connectivity index (χ4v) is 5.85. The van der Waals surface area contributed by atoms with Crippen molar-refractivity contribution >= 4 is 27.5 Å². The maximum Gasteiger partial charge on any atom is 0.251 e. The lowest BCUT2D eigenvalue weighted by Gasteiger charge is -2.25. The van der Waals surface area contributed by atoms with Gasteiger partial charge in [0.1, 0.15) is 11.6 Å². The summed E-state index contributed by atoms with van der Waals surface area (Å²) in [6.07, 6.45) is 3.30. The van der Waals surface area contributed by atoms with Crippen LogP contribution in [0, 0.1) is 11.6 Å². The van der Waals surface area contributed by atoms with Gasteiger partial charge in [-0.25, -0.2) is 17.2 Å². The summed E-state index contributed by atoms with van der Waals surface area (Å²) in [5.74, 6) is -2.06. The molecule has 0 bridgehead atoms. The summed E-state index contributed by atoms with van der Waals surface area (Å²) in [5, 5.41) is 21.5. The third-order valence-electron chi connectivity index (χ3n) is 8.27. The highest BCUT2D eigenvalue weighted by atomic mass is 32.2. The minimum absolute atomic E-state index is 0.0127. The van der Waals surface area contributed by atoms with Crippen LogP contribution in [0.3, 0.4) is 0 Å². The molecule has 0 unspecified atom stereocenters. The summed E-state index contributed by atoms with van der Waals surface area (Å²) in [6.45, 7) is 1.69. The molecule has 260 valence electrons. The van der Waals surface area contributed by atoms with Crippen molar-refractivity contribution in [2.45, 2.75) is 38.1 Å². The summed E-state index contributed by atoms with van der Waals surface area (Å²) < 4.78 is 54.7. The number of hydrogen-bond acceptors (Lipinski definition) is 6. The summed E-state index contributed by atoms with van der Waals surface area (Å²) in [6, 6.07) is 23.6. The van der Waals surface area contributed by atoms with Crippen LogP contribution in [0.5, 0.6) is 0 Å². The zero-order chi connectivity index (χ0) is 36.0. The molecule has 0 aliphatic carbocycles. The van der Waals surface area contributed by atoms with Crippen LogP contribution in [-0.4, -0.2) is 60.6 Å². The first-order chi connectivity index (χ1) is 23.8. The van der Waals surface area contributed by atoms with E-state index in [1.165, 1.54) is 66.3 Å². The Labute approximate surface area is 289 Å². The number of carbonyl (C=O) groups is 2. The van der Waals surface area contributed by atoms with E-state index in [0.29, 0.717) is 16.7 Å². The van der Waals surface area contributed by atoms with Crippen molar-refractivity contribution in [1.29, 1.82) is 0 Å². The first kappa shape index (κ1) is 35.9. The second-order valence-electron chi connectivity index (χ2n) is 12.0. The van der Waals surface area contributed by atoms with E-state index >= 15 is 0 Å². The molecule has 13 heteroatoms. The predicted molar refractivity (Wildman–Crippen MR) is 187 cm³/mol. The molecular formula is C37H37F2N5O5S. The summed E-state index contributed by atoms with van der Waals surface area (Å²) >= 11 is 0. The Balaban J connectivity index is 1.42. The summed E-state index contributed by atoms with van der Waals surface area (Å²) in [5.41, 5.74) is 2.80. The third-order valence-corrected chi connectivity index (χ3v) is 9.47. The molecule has 0 radical (unpaired) electrons. The smallest absolute Gasteiger partial charge is 0.251 e. The lowest BCUT2D eigenvalue weighted by atomic mass is 10.00. The largest absolute Gasteiger partial charge is 0.389 e. The lowest BCUT2D eigenvalue weighted by Crippen LogP contribution is -2.46. The number of nitrogens with zero attached hydrogens (tertiary/aromatic N) is 3. The number of halogens is 2. The number of nitrogens with one attached hydrogen (secondary N) is 2. The van der Waals surface area contributed by atoms with E-state index in [0.717, 1.165) is 16.1 Å². The van der Waals surface area contributed by atoms with Gasteiger partial charge in [-0.1, -0.05) is 54.6 Å². The fourth-order valence-electron chi connectivity index (χ4n) is 5.36. The van der Waals surface area contributed by atoms with Gasteiger partial charge in [0.25, 0.3) is 11.8 Å². The van der Waals surface area contributed by atoms with Gasteiger partial charge < -0.3 is 15.7 Å². The molecule has 0 saturated heterocycles. The first-order valence-corrected chi connectivity index (χ1v) is 17.6. The van der Waals surface area contributed by atoms with Gasteiger partial charge in [0.05, 0.1) is 42.9 Å². The first-order valence-electron chi connectivity index (χ1n) is 15.7. The molecule has 1 heterocycles. The van der Waals surface area contributed by atoms with Gasteiger partial charge in [-0.3, -0.25) is 18.6 Å². The number of carbonyl (C=O) groups excluding carboxylic acids is 2. The number of benzene rings is 4. The number of anilines is 1. The zero-order valence-electron chi connectivity index (χ0n) is 27.6. The fraction of sp³-hybridized carbons (Fsp3) is 0.216. The maximum atomic E-state index is 13.9. The highest BCUT2D eigenvalue weighted by molar-refractivity contribution is 7.92. The molecule has 50 heavy (non-hydrogen) atoms. The SMILES string of the molecule is C[C@@H](NC(=O)c1cc(C(=O)N[C@@H](Cc2ccccc2)[C@@H](O)Cn2cc(-c3cccc(F)c3)cn2)cc(N(C)S(C)(=O)=O)c1)c1ccc(F)cc1. The van der Waals surface area contributed by atoms with E-state index < -0.39 is 51.7 Å². The highest BCUT2D eigenvalue weighted by Gasteiger charge is 2.26. The van der Waals surface area contributed by atoms with Crippen molar-refractivity contribution < 1.29 is 31.9 Å². The van der Waals surface area contributed by atoms with Crippen LogP contribution in [0.15, 0.2) is 109 Å². The minimum atomic E-state index is -3.78. The Bertz CT molecular complexity index is 2070. The monoisotopic (exact) mass is 701 g/mol. The molecule has 0 aliphatic rings. The average Bonchev–Trinajstić information content (AvgIpc) is 3.56. The topological polar surface area (TPSA) is 134 Å². The maximum absolute atomic E-state index is 13.9. The Morgan fingerprint density at radius 1 is 0.860 bits per heavy atom. The number of aliphatic hydroxyl groups excluding tert-OH is 1. The van der Waals surface area contributed by atoms with Gasteiger partial charge in [-0.05, 0) is 72.5 Å². The molecule has 2 amide bonds. The molecule has 1 aromatic heterocycles. The van der Waals surface area contributed by atoms with Crippen LogP contribution in [0.4, 0.5) is 14.5 Å². The Hall–Kier alpha value is -5.40. The van der Waals surface area contributed by atoms with Crippen molar-refractivity contribution in [2.24, 2.45) is 0 Å². The molecule has 0 saturated carbocycles. The second-order valence-corrected chi connectivity index (χ2v) is 14.1. The van der Waals surface area contributed by atoms with Crippen molar-refractivity contribution in [3.05, 3.63) is 143 Å². The van der Waals surface area contributed by atoms with E-state index in [1.54, 1.807) is 31.5 Å². The van der Waals surface area contributed by atoms with E-state index in [1.807, 2.05) is 30.3 Å². The third kappa shape index (κ3) is 9.18. The van der Waals surface area contributed by atoms with Gasteiger partial charge in [-0.2, -0.15) is 5.10 Å². The molecule has 0 spiro atoms. The lowest BCUT2D eigenvalue weighted by molar-refractivity contribution is 0.0780. The standard InChI is InChI=1S/C37H37F2N5O5S/c1-24(26-12-14-31(38)15-13-26)41-36(46)28-17-29(20-33(19-28)43(2)50(3,48)49)37(47)42-34(16-25-8-5-4-6-9-25)35(45)23-44-22-30(21-40-44)27-10-7-11-32(39)18-27/h4-15,17-22,24,34-35,45H,16,23H2,1-3H3,(H,41,46)(H,42,47)/t24-,34+,35+/m1/s1. The van der Waals surface area contributed by atoms with Crippen molar-refractivity contribution in [1.82, 2.24) is 20.4 Å². The Morgan fingerprint density at radius 3 is 2.16 bits per heavy atom. The van der Waals surface area contributed by atoms with Crippen molar-refractivity contribution in [3.63, 3.8) is 0 Å². The number of amides is 2. The number of aliphatic hydroxyl groups is 1. The van der Waals surface area contributed by atoms with Crippen LogP contribution in [0.2, 0.25) is 0 Å². The molecule has 5 rings (SSSR count). The van der Waals surface area contributed by atoms with Crippen molar-refractivity contribution in [3.8, 4) is 11.1 Å². The van der Waals surface area contributed by atoms with Crippen LogP contribution in [-0.2, 0) is 23.0 Å². The van der Waals surface area contributed by atoms with E-state index in [2.05, 4.69) is 15.7 Å². The van der Waals surface area contributed by atoms with Crippen LogP contribution in [0.1, 0.15) is 44.8 Å². The molecule has 3 N–H and O–H groups in total. The van der Waals surface area contributed by atoms with Gasteiger partial charge in [0.15, 0.2) is 0 Å². The molecule has 10 nitrogen and oxygen atoms in total. The highest BCUT2D eigenvalue weighted by Crippen LogP contribution is 2.23. The second kappa shape index (κ2) is 15.4. The van der Waals surface area contributed by atoms with Crippen LogP contribution < -0.4 is 14.9 Å². The van der Waals surface area contributed by atoms with E-state index in [-0.39, 0.29) is 29.8 Å². The Kier molecular flexibility index (Phi) is 11.1. The average molecular weight is 702 g/mol. The van der Waals surface area contributed by atoms with Crippen molar-refractivity contribution in [2.75, 3.05) is 17.6 Å². The zero-order valence-corrected chi connectivity index (χ0v) is 28.4. The summed E-state index contributed by atoms with van der Waals surface area (Å²) in [7, 11) is -2.47. The molecular weight excluding hydrogens is 665 g/mol. The predicted octanol–water partition coefficient (Wildman–Crippen LogP) is 5.12. The minimum Gasteiger partial charge on any atom is -0.389 e. The van der Waals surface area contributed by atoms with E-state index in [4.69, 9.17) is 0 Å². The number of hydrogen-bond donors (Lipinski definition) is 3. The molecule has 5 aromatic rings.